The van der Waals surface area contributed by atoms with Gasteiger partial charge in [-0.15, -0.1) is 0 Å². The van der Waals surface area contributed by atoms with Crippen molar-refractivity contribution in [2.24, 2.45) is 0 Å². The fraction of sp³-hybridized carbons (Fsp3) is 0.636. The number of nitrogens with zero attached hydrogens (tertiary/aromatic N) is 2. The number of halogens is 1. The molecule has 17 heavy (non-hydrogen) atoms. The zero-order valence-corrected chi connectivity index (χ0v) is 10.7. The largest absolute Gasteiger partial charge is 0.382 e. The average Bonchev–Trinajstić information content (AvgIpc) is 2.23. The summed E-state index contributed by atoms with van der Waals surface area (Å²) in [7, 11) is 1.60. The van der Waals surface area contributed by atoms with Gasteiger partial charge in [0, 0.05) is 13.7 Å². The number of hydrogen-bond acceptors (Lipinski definition) is 5. The molecule has 0 saturated heterocycles. The van der Waals surface area contributed by atoms with E-state index in [1.165, 1.54) is 0 Å². The third-order valence-electron chi connectivity index (χ3n) is 2.04. The lowest BCUT2D eigenvalue weighted by Crippen LogP contribution is -2.36. The van der Waals surface area contributed by atoms with Crippen molar-refractivity contribution in [3.05, 3.63) is 12.0 Å². The summed E-state index contributed by atoms with van der Waals surface area (Å²) in [4.78, 5) is 7.90. The third kappa shape index (κ3) is 4.14. The van der Waals surface area contributed by atoms with Gasteiger partial charge in [-0.2, -0.15) is 4.98 Å². The molecular weight excluding hydrogens is 223 g/mol. The fourth-order valence-electron chi connectivity index (χ4n) is 1.42. The molecule has 6 heteroatoms. The molecule has 0 fully saturated rings. The summed E-state index contributed by atoms with van der Waals surface area (Å²) in [6.07, 6.45) is 1.15. The molecule has 1 aromatic heterocycles. The molecule has 0 spiro atoms. The van der Waals surface area contributed by atoms with Crippen LogP contribution < -0.4 is 10.6 Å². The van der Waals surface area contributed by atoms with Gasteiger partial charge in [0.2, 0.25) is 5.95 Å². The van der Waals surface area contributed by atoms with Crippen LogP contribution in [0, 0.1) is 5.82 Å². The van der Waals surface area contributed by atoms with Crippen molar-refractivity contribution in [2.45, 2.75) is 26.3 Å². The predicted octanol–water partition coefficient (Wildman–Crippen LogP) is 1.88. The molecule has 2 N–H and O–H groups in total. The van der Waals surface area contributed by atoms with Crippen LogP contribution in [0.25, 0.3) is 0 Å². The number of aromatic nitrogens is 2. The Kier molecular flexibility index (Phi) is 4.62. The second kappa shape index (κ2) is 5.77. The molecule has 0 amide bonds. The van der Waals surface area contributed by atoms with E-state index >= 15 is 0 Å². The lowest BCUT2D eigenvalue weighted by Gasteiger charge is -2.26. The first-order valence-electron chi connectivity index (χ1n) is 5.52. The van der Waals surface area contributed by atoms with E-state index in [0.29, 0.717) is 19.1 Å². The number of methoxy groups -OCH3 is 1. The molecule has 1 heterocycles. The summed E-state index contributed by atoms with van der Waals surface area (Å²) in [5.74, 6) is 0.110. The van der Waals surface area contributed by atoms with Crippen LogP contribution >= 0.6 is 0 Å². The molecule has 0 unspecified atom stereocenters. The normalized spacial score (nSPS) is 11.4. The van der Waals surface area contributed by atoms with Gasteiger partial charge in [0.25, 0.3) is 0 Å². The van der Waals surface area contributed by atoms with Gasteiger partial charge in [-0.05, 0) is 20.8 Å². The summed E-state index contributed by atoms with van der Waals surface area (Å²) in [5, 5.41) is 5.93. The fourth-order valence-corrected chi connectivity index (χ4v) is 1.42. The summed E-state index contributed by atoms with van der Waals surface area (Å²) in [6.45, 7) is 6.88. The summed E-state index contributed by atoms with van der Waals surface area (Å²) in [5.41, 5.74) is -0.395. The highest BCUT2D eigenvalue weighted by Crippen LogP contribution is 2.17. The van der Waals surface area contributed by atoms with Crippen molar-refractivity contribution in [3.63, 3.8) is 0 Å². The molecule has 1 rings (SSSR count). The molecule has 0 saturated carbocycles. The number of anilines is 2. The van der Waals surface area contributed by atoms with Crippen LogP contribution in [-0.2, 0) is 4.74 Å². The lowest BCUT2D eigenvalue weighted by molar-refractivity contribution is 0.158. The molecule has 96 valence electrons. The van der Waals surface area contributed by atoms with Crippen molar-refractivity contribution in [3.8, 4) is 0 Å². The standard InChI is InChI=1S/C11H19FN4O/c1-5-13-10-14-6-8(12)9(15-10)16-11(2,3)7-17-4/h6H,5,7H2,1-4H3,(H2,13,14,15,16). The van der Waals surface area contributed by atoms with E-state index in [4.69, 9.17) is 4.74 Å². The minimum Gasteiger partial charge on any atom is -0.382 e. The smallest absolute Gasteiger partial charge is 0.224 e. The summed E-state index contributed by atoms with van der Waals surface area (Å²) >= 11 is 0. The van der Waals surface area contributed by atoms with Crippen molar-refractivity contribution in [1.82, 2.24) is 9.97 Å². The Morgan fingerprint density at radius 2 is 2.18 bits per heavy atom. The molecule has 0 aromatic carbocycles. The molecule has 1 aromatic rings. The monoisotopic (exact) mass is 242 g/mol. The van der Waals surface area contributed by atoms with Gasteiger partial charge in [-0.25, -0.2) is 9.37 Å². The average molecular weight is 242 g/mol. The number of rotatable bonds is 6. The Balaban J connectivity index is 2.85. The van der Waals surface area contributed by atoms with Crippen LogP contribution in [-0.4, -0.2) is 35.8 Å². The van der Waals surface area contributed by atoms with Gasteiger partial charge in [0.15, 0.2) is 11.6 Å². The Hall–Kier alpha value is -1.43. The Morgan fingerprint density at radius 1 is 1.47 bits per heavy atom. The SMILES string of the molecule is CCNc1ncc(F)c(NC(C)(C)COC)n1. The first kappa shape index (κ1) is 13.6. The topological polar surface area (TPSA) is 59.1 Å². The van der Waals surface area contributed by atoms with Crippen molar-refractivity contribution < 1.29 is 9.13 Å². The summed E-state index contributed by atoms with van der Waals surface area (Å²) in [6, 6.07) is 0. The molecule has 0 bridgehead atoms. The second-order valence-electron chi connectivity index (χ2n) is 4.36. The zero-order chi connectivity index (χ0) is 12.9. The minimum absolute atomic E-state index is 0.179. The van der Waals surface area contributed by atoms with Gasteiger partial charge in [-0.1, -0.05) is 0 Å². The van der Waals surface area contributed by atoms with Crippen LogP contribution in [0.1, 0.15) is 20.8 Å². The van der Waals surface area contributed by atoms with Crippen LogP contribution in [0.2, 0.25) is 0 Å². The van der Waals surface area contributed by atoms with Gasteiger partial charge in [0.1, 0.15) is 0 Å². The van der Waals surface area contributed by atoms with E-state index in [9.17, 15) is 4.39 Å². The van der Waals surface area contributed by atoms with E-state index in [1.54, 1.807) is 7.11 Å². The Morgan fingerprint density at radius 3 is 2.76 bits per heavy atom. The van der Waals surface area contributed by atoms with Gasteiger partial charge in [-0.3, -0.25) is 0 Å². The molecular formula is C11H19FN4O. The molecule has 0 aliphatic rings. The molecule has 0 aliphatic heterocycles. The quantitative estimate of drug-likeness (QED) is 0.797. The van der Waals surface area contributed by atoms with Crippen LogP contribution in [0.4, 0.5) is 16.2 Å². The maximum absolute atomic E-state index is 13.5. The van der Waals surface area contributed by atoms with E-state index < -0.39 is 11.4 Å². The highest BCUT2D eigenvalue weighted by atomic mass is 19.1. The first-order chi connectivity index (χ1) is 7.98. The molecule has 0 aliphatic carbocycles. The first-order valence-corrected chi connectivity index (χ1v) is 5.52. The number of ether oxygens (including phenoxy) is 1. The molecule has 0 radical (unpaired) electrons. The maximum atomic E-state index is 13.5. The highest BCUT2D eigenvalue weighted by Gasteiger charge is 2.20. The van der Waals surface area contributed by atoms with E-state index in [2.05, 4.69) is 20.6 Å². The van der Waals surface area contributed by atoms with Gasteiger partial charge < -0.3 is 15.4 Å². The highest BCUT2D eigenvalue weighted by molar-refractivity contribution is 5.42. The number of nitrogens with one attached hydrogen (secondary N) is 2. The second-order valence-corrected chi connectivity index (χ2v) is 4.36. The lowest BCUT2D eigenvalue weighted by atomic mass is 10.1. The van der Waals surface area contributed by atoms with Gasteiger partial charge >= 0.3 is 0 Å². The minimum atomic E-state index is -0.476. The Labute approximate surface area is 101 Å². The van der Waals surface area contributed by atoms with Gasteiger partial charge in [0.05, 0.1) is 18.3 Å². The van der Waals surface area contributed by atoms with Crippen LogP contribution in [0.3, 0.4) is 0 Å². The summed E-state index contributed by atoms with van der Waals surface area (Å²) < 4.78 is 18.6. The molecule has 5 nitrogen and oxygen atoms in total. The zero-order valence-electron chi connectivity index (χ0n) is 10.7. The van der Waals surface area contributed by atoms with Crippen molar-refractivity contribution in [2.75, 3.05) is 30.9 Å². The van der Waals surface area contributed by atoms with E-state index in [1.807, 2.05) is 20.8 Å². The maximum Gasteiger partial charge on any atom is 0.224 e. The Bertz CT molecular complexity index is 370. The predicted molar refractivity (Wildman–Crippen MR) is 65.7 cm³/mol. The van der Waals surface area contributed by atoms with Crippen LogP contribution in [0.15, 0.2) is 6.20 Å². The molecule has 0 atom stereocenters. The third-order valence-corrected chi connectivity index (χ3v) is 2.04. The van der Waals surface area contributed by atoms with E-state index in [-0.39, 0.29) is 5.82 Å². The van der Waals surface area contributed by atoms with Crippen molar-refractivity contribution in [1.29, 1.82) is 0 Å². The number of hydrogen-bond donors (Lipinski definition) is 2. The van der Waals surface area contributed by atoms with Crippen LogP contribution in [0.5, 0.6) is 0 Å². The van der Waals surface area contributed by atoms with E-state index in [0.717, 1.165) is 6.20 Å². The van der Waals surface area contributed by atoms with Crippen molar-refractivity contribution >= 4 is 11.8 Å².